The van der Waals surface area contributed by atoms with E-state index in [1.165, 1.54) is 19.2 Å². The second-order valence-corrected chi connectivity index (χ2v) is 6.44. The molecule has 1 heterocycles. The quantitative estimate of drug-likeness (QED) is 0.745. The van der Waals surface area contributed by atoms with Crippen LogP contribution in [-0.2, 0) is 9.59 Å². The van der Waals surface area contributed by atoms with E-state index in [0.717, 1.165) is 17.0 Å². The zero-order valence-corrected chi connectivity index (χ0v) is 16.1. The van der Waals surface area contributed by atoms with Crippen LogP contribution in [0.25, 0.3) is 0 Å². The Morgan fingerprint density at radius 1 is 1.13 bits per heavy atom. The predicted octanol–water partition coefficient (Wildman–Crippen LogP) is 4.47. The molecule has 0 spiro atoms. The molecule has 9 heteroatoms. The fourth-order valence-corrected chi connectivity index (χ4v) is 3.30. The number of nitrogens with zero attached hydrogens (tertiary/aromatic N) is 1. The number of aliphatic hydroxyl groups excluding tert-OH is 1. The Hall–Kier alpha value is -3.49. The molecule has 0 saturated carbocycles. The lowest BCUT2D eigenvalue weighted by Crippen LogP contribution is -2.31. The number of hydrogen-bond acceptors (Lipinski definition) is 5. The summed E-state index contributed by atoms with van der Waals surface area (Å²) in [4.78, 5) is 26.4. The van der Waals surface area contributed by atoms with Gasteiger partial charge in [-0.2, -0.15) is 0 Å². The zero-order chi connectivity index (χ0) is 22.1. The average molecular weight is 421 g/mol. The van der Waals surface area contributed by atoms with Crippen molar-refractivity contribution in [2.45, 2.75) is 25.7 Å². The van der Waals surface area contributed by atoms with Crippen LogP contribution < -0.4 is 14.4 Å². The summed E-state index contributed by atoms with van der Waals surface area (Å²) in [7, 11) is 1.44. The van der Waals surface area contributed by atoms with Crippen LogP contribution in [0.1, 0.15) is 24.9 Å². The number of Topliss-reactive ketones (excluding diaryl/α,β-unsaturated/α-hetero) is 1. The number of rotatable bonds is 6. The number of ketones is 1. The van der Waals surface area contributed by atoms with Gasteiger partial charge in [0.05, 0.1) is 18.7 Å². The summed E-state index contributed by atoms with van der Waals surface area (Å²) in [6.07, 6.45) is -4.89. The van der Waals surface area contributed by atoms with Crippen molar-refractivity contribution < 1.29 is 37.3 Å². The van der Waals surface area contributed by atoms with Gasteiger partial charge in [0.1, 0.15) is 11.5 Å². The highest BCUT2D eigenvalue weighted by molar-refractivity contribution is 6.16. The molecule has 1 aliphatic rings. The predicted molar refractivity (Wildman–Crippen MR) is 101 cm³/mol. The lowest BCUT2D eigenvalue weighted by Gasteiger charge is -2.27. The Morgan fingerprint density at radius 2 is 1.80 bits per heavy atom. The Kier molecular flexibility index (Phi) is 5.73. The number of halogens is 3. The van der Waals surface area contributed by atoms with Gasteiger partial charge in [-0.3, -0.25) is 14.5 Å². The van der Waals surface area contributed by atoms with Crippen molar-refractivity contribution in [1.29, 1.82) is 0 Å². The largest absolute Gasteiger partial charge is 0.573 e. The van der Waals surface area contributed by atoms with Gasteiger partial charge in [-0.15, -0.1) is 13.2 Å². The average Bonchev–Trinajstić information content (AvgIpc) is 2.97. The van der Waals surface area contributed by atoms with E-state index in [1.54, 1.807) is 31.2 Å². The Bertz CT molecular complexity index is 1020. The number of amides is 1. The molecule has 1 aliphatic heterocycles. The summed E-state index contributed by atoms with van der Waals surface area (Å²) in [5.74, 6) is -2.19. The highest BCUT2D eigenvalue weighted by atomic mass is 19.4. The molecule has 2 aromatic carbocycles. The van der Waals surface area contributed by atoms with Gasteiger partial charge in [0, 0.05) is 18.2 Å². The standard InChI is InChI=1S/C21H18F3NO5/c1-3-16(26)17-18(12-6-4-8-14(10-12)29-2)25(20(28)19(17)27)13-7-5-9-15(11-13)30-21(22,23)24/h4-11,18,27H,3H2,1-2H3. The number of methoxy groups -OCH3 is 1. The van der Waals surface area contributed by atoms with Gasteiger partial charge in [-0.05, 0) is 29.8 Å². The van der Waals surface area contributed by atoms with Gasteiger partial charge in [-0.1, -0.05) is 25.1 Å². The first-order valence-corrected chi connectivity index (χ1v) is 8.96. The van der Waals surface area contributed by atoms with E-state index in [2.05, 4.69) is 4.74 Å². The molecule has 0 aromatic heterocycles. The molecule has 0 saturated heterocycles. The molecule has 1 atom stereocenters. The summed E-state index contributed by atoms with van der Waals surface area (Å²) < 4.78 is 47.0. The first-order valence-electron chi connectivity index (χ1n) is 8.96. The molecule has 30 heavy (non-hydrogen) atoms. The number of aliphatic hydroxyl groups is 1. The van der Waals surface area contributed by atoms with E-state index in [4.69, 9.17) is 4.74 Å². The maximum Gasteiger partial charge on any atom is 0.573 e. The summed E-state index contributed by atoms with van der Waals surface area (Å²) in [5.41, 5.74) is 0.351. The van der Waals surface area contributed by atoms with Gasteiger partial charge >= 0.3 is 6.36 Å². The van der Waals surface area contributed by atoms with Crippen molar-refractivity contribution in [1.82, 2.24) is 0 Å². The number of benzene rings is 2. The van der Waals surface area contributed by atoms with Crippen LogP contribution in [0.2, 0.25) is 0 Å². The Morgan fingerprint density at radius 3 is 2.43 bits per heavy atom. The highest BCUT2D eigenvalue weighted by Gasteiger charge is 2.44. The molecule has 0 radical (unpaired) electrons. The molecule has 0 bridgehead atoms. The molecule has 3 rings (SSSR count). The number of carbonyl (C=O) groups excluding carboxylic acids is 2. The van der Waals surface area contributed by atoms with Crippen molar-refractivity contribution in [2.24, 2.45) is 0 Å². The first kappa shape index (κ1) is 21.2. The van der Waals surface area contributed by atoms with E-state index in [-0.39, 0.29) is 17.7 Å². The van der Waals surface area contributed by atoms with Gasteiger partial charge in [0.25, 0.3) is 5.91 Å². The number of ether oxygens (including phenoxy) is 2. The van der Waals surface area contributed by atoms with Crippen LogP contribution in [0.5, 0.6) is 11.5 Å². The minimum absolute atomic E-state index is 0.0260. The second kappa shape index (κ2) is 8.10. The number of alkyl halides is 3. The van der Waals surface area contributed by atoms with Crippen molar-refractivity contribution >= 4 is 17.4 Å². The molecule has 158 valence electrons. The van der Waals surface area contributed by atoms with Gasteiger partial charge in [-0.25, -0.2) is 0 Å². The first-order chi connectivity index (χ1) is 14.2. The maximum absolute atomic E-state index is 12.8. The topological polar surface area (TPSA) is 76.1 Å². The maximum atomic E-state index is 12.8. The third-order valence-electron chi connectivity index (χ3n) is 4.57. The smallest absolute Gasteiger partial charge is 0.503 e. The third-order valence-corrected chi connectivity index (χ3v) is 4.57. The van der Waals surface area contributed by atoms with E-state index >= 15 is 0 Å². The minimum atomic E-state index is -4.91. The van der Waals surface area contributed by atoms with Crippen LogP contribution in [0.3, 0.4) is 0 Å². The molecular weight excluding hydrogens is 403 g/mol. The van der Waals surface area contributed by atoms with E-state index in [0.29, 0.717) is 11.3 Å². The number of hydrogen-bond donors (Lipinski definition) is 1. The van der Waals surface area contributed by atoms with Crippen LogP contribution in [0, 0.1) is 0 Å². The van der Waals surface area contributed by atoms with Gasteiger partial charge in [0.15, 0.2) is 11.5 Å². The van der Waals surface area contributed by atoms with E-state index < -0.39 is 35.6 Å². The molecule has 1 amide bonds. The summed E-state index contributed by atoms with van der Waals surface area (Å²) in [6.45, 7) is 1.58. The molecule has 0 aliphatic carbocycles. The normalized spacial score (nSPS) is 16.8. The van der Waals surface area contributed by atoms with E-state index in [9.17, 15) is 27.9 Å². The van der Waals surface area contributed by atoms with E-state index in [1.807, 2.05) is 0 Å². The lowest BCUT2D eigenvalue weighted by atomic mass is 9.94. The lowest BCUT2D eigenvalue weighted by molar-refractivity contribution is -0.274. The van der Waals surface area contributed by atoms with Crippen molar-refractivity contribution in [3.63, 3.8) is 0 Å². The summed E-state index contributed by atoms with van der Waals surface area (Å²) >= 11 is 0. The van der Waals surface area contributed by atoms with Crippen LogP contribution in [0.4, 0.5) is 18.9 Å². The molecule has 1 N–H and O–H groups in total. The highest BCUT2D eigenvalue weighted by Crippen LogP contribution is 2.43. The van der Waals surface area contributed by atoms with Gasteiger partial charge < -0.3 is 14.6 Å². The summed E-state index contributed by atoms with van der Waals surface area (Å²) in [5, 5.41) is 10.4. The zero-order valence-electron chi connectivity index (χ0n) is 16.1. The van der Waals surface area contributed by atoms with Crippen molar-refractivity contribution in [2.75, 3.05) is 12.0 Å². The molecular formula is C21H18F3NO5. The summed E-state index contributed by atoms with van der Waals surface area (Å²) in [6, 6.07) is 10.3. The Balaban J connectivity index is 2.14. The second-order valence-electron chi connectivity index (χ2n) is 6.44. The van der Waals surface area contributed by atoms with Crippen molar-refractivity contribution in [3.05, 3.63) is 65.4 Å². The molecule has 1 unspecified atom stereocenters. The SMILES string of the molecule is CCC(=O)C1=C(O)C(=O)N(c2cccc(OC(F)(F)F)c2)C1c1cccc(OC)c1. The van der Waals surface area contributed by atoms with Crippen LogP contribution in [0.15, 0.2) is 59.9 Å². The molecule has 6 nitrogen and oxygen atoms in total. The van der Waals surface area contributed by atoms with Gasteiger partial charge in [0.2, 0.25) is 0 Å². The van der Waals surface area contributed by atoms with Crippen LogP contribution >= 0.6 is 0 Å². The Labute approximate surface area is 170 Å². The van der Waals surface area contributed by atoms with Crippen LogP contribution in [-0.4, -0.2) is 30.3 Å². The fraction of sp³-hybridized carbons (Fsp3) is 0.238. The monoisotopic (exact) mass is 421 g/mol. The molecule has 2 aromatic rings. The minimum Gasteiger partial charge on any atom is -0.503 e. The number of carbonyl (C=O) groups is 2. The fourth-order valence-electron chi connectivity index (χ4n) is 3.30. The third kappa shape index (κ3) is 4.10. The van der Waals surface area contributed by atoms with Crippen molar-refractivity contribution in [3.8, 4) is 11.5 Å². The number of anilines is 1. The molecule has 0 fully saturated rings.